The first-order chi connectivity index (χ1) is 13.4. The maximum Gasteiger partial charge on any atom is 0.255 e. The molecule has 0 saturated carbocycles. The van der Waals surface area contributed by atoms with E-state index in [1.807, 2.05) is 0 Å². The van der Waals surface area contributed by atoms with Gasteiger partial charge in [-0.25, -0.2) is 0 Å². The topological polar surface area (TPSA) is 96.5 Å². The Hall–Kier alpha value is -3.35. The van der Waals surface area contributed by atoms with Crippen molar-refractivity contribution < 1.29 is 19.1 Å². The Morgan fingerprint density at radius 3 is 2.18 bits per heavy atom. The van der Waals surface area contributed by atoms with Crippen LogP contribution in [0.3, 0.4) is 0 Å². The SMILES string of the molecule is COc1ccc(C(=O)Nc2ccccc2C(=O)NCCNC(=O)C(C)C)cc1. The molecule has 0 heterocycles. The van der Waals surface area contributed by atoms with Crippen molar-refractivity contribution in [2.75, 3.05) is 25.5 Å². The standard InChI is InChI=1S/C21H25N3O4/c1-14(2)19(25)22-12-13-23-21(27)17-6-4-5-7-18(17)24-20(26)15-8-10-16(28-3)11-9-15/h4-11,14H,12-13H2,1-3H3,(H,22,25)(H,23,27)(H,24,26). The summed E-state index contributed by atoms with van der Waals surface area (Å²) in [6.07, 6.45) is 0. The number of hydrogen-bond acceptors (Lipinski definition) is 4. The molecule has 2 rings (SSSR count). The van der Waals surface area contributed by atoms with Crippen LogP contribution in [-0.4, -0.2) is 37.9 Å². The number of methoxy groups -OCH3 is 1. The van der Waals surface area contributed by atoms with E-state index < -0.39 is 0 Å². The summed E-state index contributed by atoms with van der Waals surface area (Å²) in [5, 5.41) is 8.23. The summed E-state index contributed by atoms with van der Waals surface area (Å²) in [5.74, 6) is -0.177. The molecule has 0 unspecified atom stereocenters. The first-order valence-electron chi connectivity index (χ1n) is 9.02. The van der Waals surface area contributed by atoms with Gasteiger partial charge in [0, 0.05) is 24.6 Å². The molecule has 7 heteroatoms. The van der Waals surface area contributed by atoms with Gasteiger partial charge in [0.25, 0.3) is 11.8 Å². The highest BCUT2D eigenvalue weighted by Crippen LogP contribution is 2.17. The molecule has 3 amide bonds. The molecule has 0 aliphatic heterocycles. The lowest BCUT2D eigenvalue weighted by atomic mass is 10.1. The Kier molecular flexibility index (Phi) is 7.56. The maximum atomic E-state index is 12.5. The van der Waals surface area contributed by atoms with Crippen LogP contribution in [0.25, 0.3) is 0 Å². The third kappa shape index (κ3) is 5.84. The van der Waals surface area contributed by atoms with Crippen molar-refractivity contribution in [2.45, 2.75) is 13.8 Å². The van der Waals surface area contributed by atoms with E-state index in [1.54, 1.807) is 69.5 Å². The monoisotopic (exact) mass is 383 g/mol. The molecule has 28 heavy (non-hydrogen) atoms. The molecule has 2 aromatic carbocycles. The first-order valence-corrected chi connectivity index (χ1v) is 9.02. The zero-order chi connectivity index (χ0) is 20.5. The first kappa shape index (κ1) is 21.0. The molecule has 0 aliphatic carbocycles. The Bertz CT molecular complexity index is 832. The van der Waals surface area contributed by atoms with E-state index in [2.05, 4.69) is 16.0 Å². The van der Waals surface area contributed by atoms with Crippen molar-refractivity contribution in [3.05, 3.63) is 59.7 Å². The zero-order valence-corrected chi connectivity index (χ0v) is 16.2. The van der Waals surface area contributed by atoms with Crippen molar-refractivity contribution in [2.24, 2.45) is 5.92 Å². The molecular weight excluding hydrogens is 358 g/mol. The van der Waals surface area contributed by atoms with Crippen LogP contribution in [0.5, 0.6) is 5.75 Å². The van der Waals surface area contributed by atoms with Crippen LogP contribution in [0.4, 0.5) is 5.69 Å². The normalized spacial score (nSPS) is 10.3. The number of carbonyl (C=O) groups is 3. The molecule has 3 N–H and O–H groups in total. The van der Waals surface area contributed by atoms with Crippen LogP contribution in [0.15, 0.2) is 48.5 Å². The van der Waals surface area contributed by atoms with Gasteiger partial charge in [-0.1, -0.05) is 26.0 Å². The predicted octanol–water partition coefficient (Wildman–Crippen LogP) is 2.45. The Morgan fingerprint density at radius 1 is 0.893 bits per heavy atom. The number of para-hydroxylation sites is 1. The van der Waals surface area contributed by atoms with Crippen LogP contribution in [-0.2, 0) is 4.79 Å². The van der Waals surface area contributed by atoms with Crippen LogP contribution in [0.1, 0.15) is 34.6 Å². The molecule has 0 fully saturated rings. The molecule has 0 aromatic heterocycles. The second kappa shape index (κ2) is 10.1. The molecule has 0 saturated heterocycles. The second-order valence-corrected chi connectivity index (χ2v) is 6.43. The van der Waals surface area contributed by atoms with Crippen molar-refractivity contribution in [1.29, 1.82) is 0 Å². The van der Waals surface area contributed by atoms with Gasteiger partial charge in [0.15, 0.2) is 0 Å². The molecule has 148 valence electrons. The number of nitrogens with one attached hydrogen (secondary N) is 3. The number of amides is 3. The number of ether oxygens (including phenoxy) is 1. The minimum Gasteiger partial charge on any atom is -0.497 e. The summed E-state index contributed by atoms with van der Waals surface area (Å²) in [7, 11) is 1.55. The average molecular weight is 383 g/mol. The van der Waals surface area contributed by atoms with E-state index in [1.165, 1.54) is 0 Å². The van der Waals surface area contributed by atoms with Crippen molar-refractivity contribution >= 4 is 23.4 Å². The fourth-order valence-electron chi connectivity index (χ4n) is 2.39. The van der Waals surface area contributed by atoms with Gasteiger partial charge in [-0.3, -0.25) is 14.4 Å². The molecule has 2 aromatic rings. The van der Waals surface area contributed by atoms with Crippen LogP contribution >= 0.6 is 0 Å². The quantitative estimate of drug-likeness (QED) is 0.610. The van der Waals surface area contributed by atoms with Gasteiger partial charge in [0.2, 0.25) is 5.91 Å². The van der Waals surface area contributed by atoms with Crippen molar-refractivity contribution in [1.82, 2.24) is 10.6 Å². The van der Waals surface area contributed by atoms with Gasteiger partial charge in [-0.2, -0.15) is 0 Å². The number of carbonyl (C=O) groups excluding carboxylic acids is 3. The largest absolute Gasteiger partial charge is 0.497 e. The van der Waals surface area contributed by atoms with Crippen molar-refractivity contribution in [3.63, 3.8) is 0 Å². The smallest absolute Gasteiger partial charge is 0.255 e. The lowest BCUT2D eigenvalue weighted by molar-refractivity contribution is -0.123. The second-order valence-electron chi connectivity index (χ2n) is 6.43. The van der Waals surface area contributed by atoms with Gasteiger partial charge in [0.05, 0.1) is 18.4 Å². The summed E-state index contributed by atoms with van der Waals surface area (Å²) in [6, 6.07) is 13.4. The Labute approximate surface area is 164 Å². The molecular formula is C21H25N3O4. The third-order valence-corrected chi connectivity index (χ3v) is 4.01. The van der Waals surface area contributed by atoms with Gasteiger partial charge >= 0.3 is 0 Å². The highest BCUT2D eigenvalue weighted by atomic mass is 16.5. The number of rotatable bonds is 8. The number of anilines is 1. The minimum atomic E-state index is -0.329. The van der Waals surface area contributed by atoms with E-state index in [0.717, 1.165) is 0 Å². The summed E-state index contributed by atoms with van der Waals surface area (Å²) in [5.41, 5.74) is 1.21. The van der Waals surface area contributed by atoms with Gasteiger partial charge < -0.3 is 20.7 Å². The van der Waals surface area contributed by atoms with Crippen LogP contribution in [0, 0.1) is 5.92 Å². The zero-order valence-electron chi connectivity index (χ0n) is 16.2. The molecule has 7 nitrogen and oxygen atoms in total. The lowest BCUT2D eigenvalue weighted by Crippen LogP contribution is -2.36. The van der Waals surface area contributed by atoms with Crippen LogP contribution in [0.2, 0.25) is 0 Å². The molecule has 0 bridgehead atoms. The van der Waals surface area contributed by atoms with Crippen molar-refractivity contribution in [3.8, 4) is 5.75 Å². The molecule has 0 atom stereocenters. The van der Waals surface area contributed by atoms with E-state index in [0.29, 0.717) is 29.1 Å². The minimum absolute atomic E-state index is 0.0681. The maximum absolute atomic E-state index is 12.5. The summed E-state index contributed by atoms with van der Waals surface area (Å²) >= 11 is 0. The fraction of sp³-hybridized carbons (Fsp3) is 0.286. The van der Waals surface area contributed by atoms with Gasteiger partial charge in [0.1, 0.15) is 5.75 Å². The molecule has 0 aliphatic rings. The average Bonchev–Trinajstić information content (AvgIpc) is 2.71. The highest BCUT2D eigenvalue weighted by molar-refractivity contribution is 6.09. The lowest BCUT2D eigenvalue weighted by Gasteiger charge is -2.12. The molecule has 0 radical (unpaired) electrons. The Morgan fingerprint density at radius 2 is 1.54 bits per heavy atom. The summed E-state index contributed by atoms with van der Waals surface area (Å²) in [4.78, 5) is 36.4. The number of hydrogen-bond donors (Lipinski definition) is 3. The van der Waals surface area contributed by atoms with E-state index in [9.17, 15) is 14.4 Å². The summed E-state index contributed by atoms with van der Waals surface area (Å²) in [6.45, 7) is 4.23. The van der Waals surface area contributed by atoms with Gasteiger partial charge in [-0.05, 0) is 36.4 Å². The summed E-state index contributed by atoms with van der Waals surface area (Å²) < 4.78 is 5.08. The highest BCUT2D eigenvalue weighted by Gasteiger charge is 2.14. The third-order valence-electron chi connectivity index (χ3n) is 4.01. The van der Waals surface area contributed by atoms with Crippen LogP contribution < -0.4 is 20.7 Å². The fourth-order valence-corrected chi connectivity index (χ4v) is 2.39. The van der Waals surface area contributed by atoms with E-state index in [-0.39, 0.29) is 30.2 Å². The predicted molar refractivity (Wildman–Crippen MR) is 108 cm³/mol. The molecule has 0 spiro atoms. The van der Waals surface area contributed by atoms with E-state index in [4.69, 9.17) is 4.74 Å². The Balaban J connectivity index is 1.98. The number of benzene rings is 2. The van der Waals surface area contributed by atoms with E-state index >= 15 is 0 Å². The van der Waals surface area contributed by atoms with Gasteiger partial charge in [-0.15, -0.1) is 0 Å².